The number of carbonyl (C=O) groups excluding carboxylic acids is 1. The summed E-state index contributed by atoms with van der Waals surface area (Å²) >= 11 is 3.33. The highest BCUT2D eigenvalue weighted by molar-refractivity contribution is 9.10. The van der Waals surface area contributed by atoms with Gasteiger partial charge in [0.05, 0.1) is 22.3 Å². The van der Waals surface area contributed by atoms with Crippen molar-refractivity contribution < 1.29 is 18.0 Å². The second kappa shape index (κ2) is 7.78. The first-order valence-corrected chi connectivity index (χ1v) is 10.1. The summed E-state index contributed by atoms with van der Waals surface area (Å²) in [6, 6.07) is 9.64. The molecule has 29 heavy (non-hydrogen) atoms. The maximum atomic E-state index is 13.7. The molecule has 3 heterocycles. The number of hydrogen-bond acceptors (Lipinski definition) is 3. The fourth-order valence-electron chi connectivity index (χ4n) is 3.51. The van der Waals surface area contributed by atoms with Crippen molar-refractivity contribution in [3.63, 3.8) is 0 Å². The molecule has 1 aromatic carbocycles. The number of benzene rings is 1. The van der Waals surface area contributed by atoms with Gasteiger partial charge < -0.3 is 4.90 Å². The van der Waals surface area contributed by atoms with Gasteiger partial charge in [0.2, 0.25) is 5.91 Å². The maximum absolute atomic E-state index is 13.7. The number of likely N-dealkylation sites (tertiary alicyclic amines) is 1. The van der Waals surface area contributed by atoms with Crippen LogP contribution in [-0.4, -0.2) is 38.5 Å². The van der Waals surface area contributed by atoms with Gasteiger partial charge in [-0.15, -0.1) is 0 Å². The number of carbonyl (C=O) groups is 1. The number of aromatic nitrogens is 3. The number of amides is 1. The molecule has 0 bridgehead atoms. The van der Waals surface area contributed by atoms with E-state index in [1.165, 1.54) is 0 Å². The molecule has 1 amide bonds. The Kier molecular flexibility index (Phi) is 5.33. The minimum atomic E-state index is -4.62. The van der Waals surface area contributed by atoms with Crippen LogP contribution in [0.25, 0.3) is 16.9 Å². The Labute approximate surface area is 173 Å². The highest BCUT2D eigenvalue weighted by atomic mass is 79.9. The predicted octanol–water partition coefficient (Wildman–Crippen LogP) is 4.73. The molecule has 0 N–H and O–H groups in total. The number of piperidine rings is 1. The summed E-state index contributed by atoms with van der Waals surface area (Å²) < 4.78 is 42.3. The molecule has 9 heteroatoms. The van der Waals surface area contributed by atoms with Crippen LogP contribution in [0.2, 0.25) is 0 Å². The zero-order valence-electron chi connectivity index (χ0n) is 15.4. The summed E-state index contributed by atoms with van der Waals surface area (Å²) in [6.45, 7) is 1.35. The molecule has 5 nitrogen and oxygen atoms in total. The van der Waals surface area contributed by atoms with E-state index >= 15 is 0 Å². The molecule has 3 aromatic rings. The molecule has 1 aliphatic heterocycles. The van der Waals surface area contributed by atoms with Crippen molar-refractivity contribution in [3.8, 4) is 11.3 Å². The number of rotatable bonds is 3. The molecule has 1 fully saturated rings. The fourth-order valence-corrected chi connectivity index (χ4v) is 3.98. The largest absolute Gasteiger partial charge is 0.433 e. The van der Waals surface area contributed by atoms with E-state index in [-0.39, 0.29) is 29.4 Å². The fraction of sp³-hybridized carbons (Fsp3) is 0.350. The molecular formula is C20H18BrF3N4O. The van der Waals surface area contributed by atoms with Crippen molar-refractivity contribution in [2.45, 2.75) is 31.9 Å². The lowest BCUT2D eigenvalue weighted by molar-refractivity contribution is -0.142. The summed E-state index contributed by atoms with van der Waals surface area (Å²) in [5.41, 5.74) is 0.127. The summed E-state index contributed by atoms with van der Waals surface area (Å²) in [5.74, 6) is -0.134. The number of halogens is 4. The summed E-state index contributed by atoms with van der Waals surface area (Å²) in [7, 11) is 0. The van der Waals surface area contributed by atoms with Gasteiger partial charge in [-0.2, -0.15) is 18.3 Å². The van der Waals surface area contributed by atoms with Gasteiger partial charge in [0.25, 0.3) is 0 Å². The van der Waals surface area contributed by atoms with Gasteiger partial charge in [0.1, 0.15) is 0 Å². The van der Waals surface area contributed by atoms with Crippen LogP contribution in [0.4, 0.5) is 13.2 Å². The van der Waals surface area contributed by atoms with Crippen molar-refractivity contribution in [1.82, 2.24) is 19.5 Å². The molecule has 0 unspecified atom stereocenters. The molecule has 1 saturated heterocycles. The Hall–Kier alpha value is -2.42. The number of nitrogens with zero attached hydrogens (tertiary/aromatic N) is 4. The Bertz CT molecular complexity index is 1040. The summed E-state index contributed by atoms with van der Waals surface area (Å²) in [5, 5.41) is 4.09. The third kappa shape index (κ3) is 4.01. The van der Waals surface area contributed by atoms with Crippen LogP contribution in [0.3, 0.4) is 0 Å². The van der Waals surface area contributed by atoms with Crippen molar-refractivity contribution in [2.75, 3.05) is 13.1 Å². The molecule has 0 atom stereocenters. The minimum Gasteiger partial charge on any atom is -0.342 e. The average molecular weight is 467 g/mol. The lowest BCUT2D eigenvalue weighted by Crippen LogP contribution is -2.36. The topological polar surface area (TPSA) is 50.5 Å². The molecule has 152 valence electrons. The third-order valence-corrected chi connectivity index (χ3v) is 5.80. The van der Waals surface area contributed by atoms with Crippen LogP contribution in [0.15, 0.2) is 40.9 Å². The van der Waals surface area contributed by atoms with Crippen LogP contribution in [0.5, 0.6) is 0 Å². The molecular weight excluding hydrogens is 449 g/mol. The molecule has 1 aliphatic rings. The lowest BCUT2D eigenvalue weighted by atomic mass is 10.1. The smallest absolute Gasteiger partial charge is 0.342 e. The normalized spacial score (nSPS) is 15.1. The zero-order valence-corrected chi connectivity index (χ0v) is 17.0. The maximum Gasteiger partial charge on any atom is 0.433 e. The molecule has 0 radical (unpaired) electrons. The van der Waals surface area contributed by atoms with Gasteiger partial charge in [0, 0.05) is 18.7 Å². The Morgan fingerprint density at radius 1 is 1.10 bits per heavy atom. The van der Waals surface area contributed by atoms with Crippen molar-refractivity contribution in [2.24, 2.45) is 0 Å². The predicted molar refractivity (Wildman–Crippen MR) is 105 cm³/mol. The van der Waals surface area contributed by atoms with Crippen molar-refractivity contribution in [3.05, 3.63) is 52.3 Å². The summed E-state index contributed by atoms with van der Waals surface area (Å²) in [4.78, 5) is 18.7. The van der Waals surface area contributed by atoms with E-state index in [0.29, 0.717) is 23.1 Å². The van der Waals surface area contributed by atoms with Crippen LogP contribution < -0.4 is 0 Å². The van der Waals surface area contributed by atoms with Crippen molar-refractivity contribution in [1.29, 1.82) is 0 Å². The van der Waals surface area contributed by atoms with E-state index < -0.39 is 11.9 Å². The van der Waals surface area contributed by atoms with Crippen LogP contribution in [0, 0.1) is 0 Å². The first kappa shape index (κ1) is 19.9. The third-order valence-electron chi connectivity index (χ3n) is 4.99. The average Bonchev–Trinajstić information content (AvgIpc) is 3.03. The van der Waals surface area contributed by atoms with Gasteiger partial charge in [-0.1, -0.05) is 30.3 Å². The Balaban J connectivity index is 1.78. The van der Waals surface area contributed by atoms with E-state index in [1.54, 1.807) is 35.2 Å². The molecule has 0 spiro atoms. The highest BCUT2D eigenvalue weighted by Crippen LogP contribution is 2.34. The van der Waals surface area contributed by atoms with Gasteiger partial charge in [-0.3, -0.25) is 4.79 Å². The standard InChI is InChI=1S/C20H18BrF3N4O/c21-18-15(12-17(29)27-9-5-2-6-10-27)26-28-16(20(22,23)24)11-14(25-19(18)28)13-7-3-1-4-8-13/h1,3-4,7-8,11H,2,5-6,9-10,12H2. The Morgan fingerprint density at radius 2 is 1.79 bits per heavy atom. The monoisotopic (exact) mass is 466 g/mol. The van der Waals surface area contributed by atoms with Gasteiger partial charge >= 0.3 is 6.18 Å². The first-order valence-electron chi connectivity index (χ1n) is 9.33. The van der Waals surface area contributed by atoms with E-state index in [4.69, 9.17) is 0 Å². The SMILES string of the molecule is O=C(Cc1nn2c(C(F)(F)F)cc(-c3ccccc3)nc2c1Br)N1CCCCC1. The van der Waals surface area contributed by atoms with Crippen molar-refractivity contribution >= 4 is 27.5 Å². The number of fused-ring (bicyclic) bond motifs is 1. The molecule has 0 aliphatic carbocycles. The van der Waals surface area contributed by atoms with Crippen LogP contribution in [-0.2, 0) is 17.4 Å². The van der Waals surface area contributed by atoms with Gasteiger partial charge in [-0.25, -0.2) is 9.50 Å². The lowest BCUT2D eigenvalue weighted by Gasteiger charge is -2.26. The minimum absolute atomic E-state index is 0.0418. The van der Waals surface area contributed by atoms with E-state index in [9.17, 15) is 18.0 Å². The van der Waals surface area contributed by atoms with Crippen LogP contribution in [0.1, 0.15) is 30.7 Å². The van der Waals surface area contributed by atoms with E-state index in [1.807, 2.05) is 0 Å². The second-order valence-corrected chi connectivity index (χ2v) is 7.80. The quantitative estimate of drug-likeness (QED) is 0.560. The zero-order chi connectivity index (χ0) is 20.6. The molecule has 0 saturated carbocycles. The summed E-state index contributed by atoms with van der Waals surface area (Å²) in [6.07, 6.45) is -1.72. The number of alkyl halides is 3. The first-order chi connectivity index (χ1) is 13.8. The second-order valence-electron chi connectivity index (χ2n) is 7.00. The number of hydrogen-bond donors (Lipinski definition) is 0. The molecule has 4 rings (SSSR count). The molecule has 2 aromatic heterocycles. The van der Waals surface area contributed by atoms with Gasteiger partial charge in [-0.05, 0) is 41.3 Å². The Morgan fingerprint density at radius 3 is 2.45 bits per heavy atom. The van der Waals surface area contributed by atoms with Gasteiger partial charge in [0.15, 0.2) is 11.3 Å². The van der Waals surface area contributed by atoms with Crippen LogP contribution >= 0.6 is 15.9 Å². The highest BCUT2D eigenvalue weighted by Gasteiger charge is 2.36. The van der Waals surface area contributed by atoms with E-state index in [0.717, 1.165) is 29.8 Å². The van der Waals surface area contributed by atoms with E-state index in [2.05, 4.69) is 26.0 Å².